The molecular formula is C20H11ClN2O. The second kappa shape index (κ2) is 5.05. The molecule has 0 spiro atoms. The van der Waals surface area contributed by atoms with E-state index in [1.807, 2.05) is 42.5 Å². The van der Waals surface area contributed by atoms with Crippen molar-refractivity contribution in [1.29, 1.82) is 0 Å². The number of fused-ring (bicyclic) bond motifs is 5. The second-order valence-corrected chi connectivity index (χ2v) is 6.12. The molecule has 0 saturated heterocycles. The number of nitrogens with zero attached hydrogens (tertiary/aromatic N) is 2. The first kappa shape index (κ1) is 13.5. The molecule has 0 bridgehead atoms. The average Bonchev–Trinajstić information content (AvgIpc) is 3.00. The van der Waals surface area contributed by atoms with E-state index in [9.17, 15) is 0 Å². The van der Waals surface area contributed by atoms with E-state index < -0.39 is 0 Å². The monoisotopic (exact) mass is 330 g/mol. The van der Waals surface area contributed by atoms with Crippen molar-refractivity contribution in [3.63, 3.8) is 0 Å². The van der Waals surface area contributed by atoms with Crippen molar-refractivity contribution in [2.24, 2.45) is 0 Å². The van der Waals surface area contributed by atoms with E-state index in [1.54, 1.807) is 6.20 Å². The van der Waals surface area contributed by atoms with Gasteiger partial charge in [0.15, 0.2) is 0 Å². The van der Waals surface area contributed by atoms with Gasteiger partial charge in [-0.1, -0.05) is 54.1 Å². The van der Waals surface area contributed by atoms with Crippen LogP contribution in [0.2, 0.25) is 5.02 Å². The number of benzene rings is 3. The van der Waals surface area contributed by atoms with Crippen LogP contribution in [0.25, 0.3) is 44.2 Å². The summed E-state index contributed by atoms with van der Waals surface area (Å²) in [7, 11) is 0. The molecule has 0 saturated carbocycles. The van der Waals surface area contributed by atoms with E-state index in [4.69, 9.17) is 21.0 Å². The molecule has 2 aromatic heterocycles. The Balaban J connectivity index is 1.83. The lowest BCUT2D eigenvalue weighted by Gasteiger charge is -2.00. The molecule has 3 nitrogen and oxygen atoms in total. The van der Waals surface area contributed by atoms with Crippen molar-refractivity contribution < 1.29 is 4.42 Å². The van der Waals surface area contributed by atoms with Gasteiger partial charge in [-0.3, -0.25) is 0 Å². The molecule has 2 heterocycles. The zero-order valence-corrected chi connectivity index (χ0v) is 13.3. The van der Waals surface area contributed by atoms with Crippen LogP contribution in [0.3, 0.4) is 0 Å². The Kier molecular flexibility index (Phi) is 2.84. The van der Waals surface area contributed by atoms with Gasteiger partial charge in [0.05, 0.1) is 11.9 Å². The Morgan fingerprint density at radius 3 is 2.71 bits per heavy atom. The second-order valence-electron chi connectivity index (χ2n) is 5.68. The van der Waals surface area contributed by atoms with Crippen molar-refractivity contribution in [2.45, 2.75) is 0 Å². The summed E-state index contributed by atoms with van der Waals surface area (Å²) < 4.78 is 5.98. The molecule has 0 aliphatic carbocycles. The number of hydrogen-bond acceptors (Lipinski definition) is 3. The highest BCUT2D eigenvalue weighted by Crippen LogP contribution is 2.33. The molecule has 0 radical (unpaired) electrons. The maximum absolute atomic E-state index is 6.09. The Hall–Kier alpha value is -2.91. The molecule has 0 amide bonds. The summed E-state index contributed by atoms with van der Waals surface area (Å²) in [6, 6.07) is 19.9. The van der Waals surface area contributed by atoms with E-state index in [1.165, 1.54) is 0 Å². The predicted molar refractivity (Wildman–Crippen MR) is 97.3 cm³/mol. The quantitative estimate of drug-likeness (QED) is 0.387. The molecule has 24 heavy (non-hydrogen) atoms. The first-order valence-electron chi connectivity index (χ1n) is 7.62. The zero-order chi connectivity index (χ0) is 16.1. The molecular weight excluding hydrogens is 320 g/mol. The smallest absolute Gasteiger partial charge is 0.246 e. The average molecular weight is 331 g/mol. The molecule has 5 aromatic rings. The minimum atomic E-state index is 0.548. The van der Waals surface area contributed by atoms with Crippen LogP contribution in [0.1, 0.15) is 0 Å². The molecule has 0 aliphatic heterocycles. The lowest BCUT2D eigenvalue weighted by Crippen LogP contribution is -1.86. The van der Waals surface area contributed by atoms with E-state index >= 15 is 0 Å². The number of hydrogen-bond donors (Lipinski definition) is 0. The van der Waals surface area contributed by atoms with Crippen LogP contribution < -0.4 is 0 Å². The Morgan fingerprint density at radius 2 is 1.79 bits per heavy atom. The Labute approximate surface area is 142 Å². The number of rotatable bonds is 1. The maximum Gasteiger partial charge on any atom is 0.246 e. The molecule has 0 N–H and O–H groups in total. The van der Waals surface area contributed by atoms with Crippen LogP contribution in [-0.2, 0) is 0 Å². The topological polar surface area (TPSA) is 38.9 Å². The summed E-state index contributed by atoms with van der Waals surface area (Å²) in [4.78, 5) is 9.23. The molecule has 5 rings (SSSR count). The van der Waals surface area contributed by atoms with Gasteiger partial charge in [0.2, 0.25) is 5.71 Å². The summed E-state index contributed by atoms with van der Waals surface area (Å²) in [5, 5.41) is 3.86. The van der Waals surface area contributed by atoms with Crippen LogP contribution in [0.4, 0.5) is 0 Å². The van der Waals surface area contributed by atoms with E-state index in [0.717, 1.165) is 38.5 Å². The zero-order valence-electron chi connectivity index (χ0n) is 12.5. The van der Waals surface area contributed by atoms with Crippen molar-refractivity contribution in [3.8, 4) is 11.3 Å². The van der Waals surface area contributed by atoms with Crippen LogP contribution in [0, 0.1) is 0 Å². The van der Waals surface area contributed by atoms with E-state index in [0.29, 0.717) is 10.7 Å². The number of aromatic nitrogens is 2. The van der Waals surface area contributed by atoms with Crippen molar-refractivity contribution in [2.75, 3.05) is 0 Å². The minimum Gasteiger partial charge on any atom is -0.436 e. The first-order valence-corrected chi connectivity index (χ1v) is 8.00. The van der Waals surface area contributed by atoms with Crippen LogP contribution >= 0.6 is 11.6 Å². The molecule has 0 fully saturated rings. The summed E-state index contributed by atoms with van der Waals surface area (Å²) in [5.41, 5.74) is 3.86. The van der Waals surface area contributed by atoms with E-state index in [-0.39, 0.29) is 0 Å². The summed E-state index contributed by atoms with van der Waals surface area (Å²) in [6.45, 7) is 0. The fourth-order valence-corrected chi connectivity index (χ4v) is 3.24. The fraction of sp³-hybridized carbons (Fsp3) is 0. The molecule has 0 atom stereocenters. The van der Waals surface area contributed by atoms with Crippen molar-refractivity contribution in [3.05, 3.63) is 71.9 Å². The van der Waals surface area contributed by atoms with Gasteiger partial charge >= 0.3 is 0 Å². The van der Waals surface area contributed by atoms with Crippen molar-refractivity contribution in [1.82, 2.24) is 9.97 Å². The standard InChI is InChI=1S/C20H11ClN2O/c21-14-6-3-5-13(10-14)17-11-22-20-18(23-17)16-9-8-12-4-1-2-7-15(12)19(16)24-20/h1-11H. The van der Waals surface area contributed by atoms with E-state index in [2.05, 4.69) is 23.2 Å². The number of furan rings is 1. The Bertz CT molecular complexity index is 1230. The highest BCUT2D eigenvalue weighted by Gasteiger charge is 2.13. The molecule has 4 heteroatoms. The third-order valence-corrected chi connectivity index (χ3v) is 4.43. The van der Waals surface area contributed by atoms with Gasteiger partial charge in [-0.05, 0) is 23.6 Å². The van der Waals surface area contributed by atoms with Gasteiger partial charge in [0.25, 0.3) is 0 Å². The molecule has 3 aromatic carbocycles. The highest BCUT2D eigenvalue weighted by molar-refractivity contribution is 6.30. The van der Waals surface area contributed by atoms with Gasteiger partial charge in [-0.15, -0.1) is 0 Å². The van der Waals surface area contributed by atoms with Gasteiger partial charge in [0.1, 0.15) is 11.1 Å². The lowest BCUT2D eigenvalue weighted by atomic mass is 10.1. The lowest BCUT2D eigenvalue weighted by molar-refractivity contribution is 0.656. The SMILES string of the molecule is Clc1cccc(-c2cnc3oc4c5ccccc5ccc4c3n2)c1. The predicted octanol–water partition coefficient (Wildman–Crippen LogP) is 5.85. The molecule has 0 aliphatic rings. The maximum atomic E-state index is 6.09. The summed E-state index contributed by atoms with van der Waals surface area (Å²) >= 11 is 6.09. The summed E-state index contributed by atoms with van der Waals surface area (Å²) in [6.07, 6.45) is 1.72. The van der Waals surface area contributed by atoms with Gasteiger partial charge < -0.3 is 4.42 Å². The van der Waals surface area contributed by atoms with Gasteiger partial charge in [-0.25, -0.2) is 9.97 Å². The summed E-state index contributed by atoms with van der Waals surface area (Å²) in [5.74, 6) is 0. The molecule has 0 unspecified atom stereocenters. The van der Waals surface area contributed by atoms with Crippen LogP contribution in [0.5, 0.6) is 0 Å². The number of halogens is 1. The van der Waals surface area contributed by atoms with Crippen LogP contribution in [-0.4, -0.2) is 9.97 Å². The Morgan fingerprint density at radius 1 is 0.875 bits per heavy atom. The normalized spacial score (nSPS) is 11.5. The highest BCUT2D eigenvalue weighted by atomic mass is 35.5. The molecule has 114 valence electrons. The van der Waals surface area contributed by atoms with Crippen molar-refractivity contribution >= 4 is 44.6 Å². The van der Waals surface area contributed by atoms with Crippen LogP contribution in [0.15, 0.2) is 71.3 Å². The van der Waals surface area contributed by atoms with Gasteiger partial charge in [0, 0.05) is 21.4 Å². The van der Waals surface area contributed by atoms with Gasteiger partial charge in [-0.2, -0.15) is 0 Å². The third kappa shape index (κ3) is 1.99. The third-order valence-electron chi connectivity index (χ3n) is 4.19. The fourth-order valence-electron chi connectivity index (χ4n) is 3.05. The minimum absolute atomic E-state index is 0.548. The first-order chi connectivity index (χ1) is 11.8. The largest absolute Gasteiger partial charge is 0.436 e.